The van der Waals surface area contributed by atoms with Crippen molar-refractivity contribution < 1.29 is 22.7 Å². The number of hydrogen-bond donors (Lipinski definition) is 1. The van der Waals surface area contributed by atoms with Crippen LogP contribution in [0.5, 0.6) is 0 Å². The van der Waals surface area contributed by atoms with Gasteiger partial charge in [-0.05, 0) is 48.7 Å². The first kappa shape index (κ1) is 23.7. The van der Waals surface area contributed by atoms with Crippen molar-refractivity contribution >= 4 is 28.9 Å². The number of fused-ring (bicyclic) bond motifs is 3. The molecule has 5 nitrogen and oxygen atoms in total. The van der Waals surface area contributed by atoms with Crippen molar-refractivity contribution in [3.8, 4) is 0 Å². The predicted octanol–water partition coefficient (Wildman–Crippen LogP) is 4.38. The number of nitrogens with zero attached hydrogens (tertiary/aromatic N) is 2. The first-order valence-electron chi connectivity index (χ1n) is 11.0. The topological polar surface area (TPSA) is 44.8 Å². The van der Waals surface area contributed by atoms with Gasteiger partial charge in [-0.2, -0.15) is 13.2 Å². The van der Waals surface area contributed by atoms with Gasteiger partial charge in [0, 0.05) is 45.6 Å². The minimum Gasteiger partial charge on any atom is -0.385 e. The molecule has 0 spiro atoms. The Labute approximate surface area is 196 Å². The Bertz CT molecular complexity index is 1000. The Balaban J connectivity index is 1.63. The van der Waals surface area contributed by atoms with Gasteiger partial charge in [0.25, 0.3) is 0 Å². The van der Waals surface area contributed by atoms with Crippen LogP contribution >= 0.6 is 11.6 Å². The maximum absolute atomic E-state index is 13.3. The number of rotatable bonds is 6. The second-order valence-corrected chi connectivity index (χ2v) is 8.85. The van der Waals surface area contributed by atoms with Gasteiger partial charge in [-0.25, -0.2) is 0 Å². The third-order valence-electron chi connectivity index (χ3n) is 6.39. The molecule has 1 saturated heterocycles. The Kier molecular flexibility index (Phi) is 7.05. The van der Waals surface area contributed by atoms with Crippen LogP contribution in [0.4, 0.5) is 24.5 Å². The van der Waals surface area contributed by atoms with Gasteiger partial charge < -0.3 is 19.9 Å². The molecule has 178 valence electrons. The molecule has 0 radical (unpaired) electrons. The van der Waals surface area contributed by atoms with E-state index < -0.39 is 17.7 Å². The van der Waals surface area contributed by atoms with Crippen LogP contribution in [0.2, 0.25) is 5.02 Å². The van der Waals surface area contributed by atoms with Gasteiger partial charge in [-0.1, -0.05) is 23.7 Å². The summed E-state index contributed by atoms with van der Waals surface area (Å²) in [5.74, 6) is -0.626. The number of benzene rings is 2. The van der Waals surface area contributed by atoms with E-state index in [2.05, 4.69) is 15.1 Å². The van der Waals surface area contributed by atoms with Gasteiger partial charge in [0.15, 0.2) is 0 Å². The molecular formula is C24H27ClF3N3O2. The lowest BCUT2D eigenvalue weighted by Crippen LogP contribution is -2.61. The lowest BCUT2D eigenvalue weighted by Gasteiger charge is -2.50. The molecule has 1 amide bonds. The maximum Gasteiger partial charge on any atom is 0.416 e. The van der Waals surface area contributed by atoms with Crippen molar-refractivity contribution in [3.05, 3.63) is 58.6 Å². The summed E-state index contributed by atoms with van der Waals surface area (Å²) in [5.41, 5.74) is 1.55. The van der Waals surface area contributed by atoms with Crippen LogP contribution in [-0.4, -0.2) is 51.8 Å². The molecule has 0 unspecified atom stereocenters. The zero-order valence-electron chi connectivity index (χ0n) is 18.4. The number of hydrogen-bond acceptors (Lipinski definition) is 4. The molecule has 33 heavy (non-hydrogen) atoms. The Morgan fingerprint density at radius 3 is 2.70 bits per heavy atom. The van der Waals surface area contributed by atoms with Crippen LogP contribution in [-0.2, 0) is 22.1 Å². The number of ether oxygens (including phenoxy) is 1. The fourth-order valence-corrected chi connectivity index (χ4v) is 5.04. The first-order chi connectivity index (χ1) is 15.8. The lowest BCUT2D eigenvalue weighted by atomic mass is 9.82. The van der Waals surface area contributed by atoms with Crippen molar-refractivity contribution in [2.45, 2.75) is 25.1 Å². The van der Waals surface area contributed by atoms with Gasteiger partial charge in [0.2, 0.25) is 5.91 Å². The number of carbonyl (C=O) groups excluding carboxylic acids is 1. The number of carbonyl (C=O) groups is 1. The zero-order chi connectivity index (χ0) is 23.6. The molecule has 2 aliphatic heterocycles. The highest BCUT2D eigenvalue weighted by Gasteiger charge is 2.43. The van der Waals surface area contributed by atoms with E-state index in [0.29, 0.717) is 49.8 Å². The Morgan fingerprint density at radius 1 is 1.18 bits per heavy atom. The molecule has 0 saturated carbocycles. The number of nitrogens with one attached hydrogen (secondary N) is 1. The van der Waals surface area contributed by atoms with E-state index in [-0.39, 0.29) is 18.4 Å². The lowest BCUT2D eigenvalue weighted by molar-refractivity contribution is -0.137. The summed E-state index contributed by atoms with van der Waals surface area (Å²) in [6.45, 7) is 2.78. The highest BCUT2D eigenvalue weighted by atomic mass is 35.5. The third-order valence-corrected chi connectivity index (χ3v) is 6.71. The molecule has 2 aromatic rings. The van der Waals surface area contributed by atoms with Crippen LogP contribution in [0.3, 0.4) is 0 Å². The molecule has 2 aromatic carbocycles. The summed E-state index contributed by atoms with van der Waals surface area (Å²) in [6.07, 6.45) is -3.50. The SMILES string of the molecule is COCCCNC(=O)[C@@H]1Cc2cc(C(F)(F)F)ccc2N2CCN(c3ccccc3Cl)C[C@H]12. The molecular weight excluding hydrogens is 455 g/mol. The number of halogens is 4. The van der Waals surface area contributed by atoms with Crippen molar-refractivity contribution in [1.82, 2.24) is 5.32 Å². The summed E-state index contributed by atoms with van der Waals surface area (Å²) in [4.78, 5) is 17.4. The number of methoxy groups -OCH3 is 1. The minimum absolute atomic E-state index is 0.148. The van der Waals surface area contributed by atoms with E-state index >= 15 is 0 Å². The van der Waals surface area contributed by atoms with E-state index in [9.17, 15) is 18.0 Å². The molecule has 2 aliphatic rings. The van der Waals surface area contributed by atoms with E-state index in [0.717, 1.165) is 17.4 Å². The molecule has 2 heterocycles. The number of alkyl halides is 3. The van der Waals surface area contributed by atoms with Crippen LogP contribution < -0.4 is 15.1 Å². The highest BCUT2D eigenvalue weighted by Crippen LogP contribution is 2.40. The van der Waals surface area contributed by atoms with E-state index in [1.165, 1.54) is 6.07 Å². The molecule has 4 rings (SSSR count). The van der Waals surface area contributed by atoms with Gasteiger partial charge in [-0.15, -0.1) is 0 Å². The molecule has 0 bridgehead atoms. The normalized spacial score (nSPS) is 20.3. The predicted molar refractivity (Wildman–Crippen MR) is 123 cm³/mol. The van der Waals surface area contributed by atoms with Gasteiger partial charge in [0.1, 0.15) is 0 Å². The highest BCUT2D eigenvalue weighted by molar-refractivity contribution is 6.33. The molecule has 1 fully saturated rings. The van der Waals surface area contributed by atoms with Gasteiger partial charge in [-0.3, -0.25) is 4.79 Å². The van der Waals surface area contributed by atoms with Crippen molar-refractivity contribution in [2.75, 3.05) is 49.7 Å². The molecule has 2 atom stereocenters. The number of para-hydroxylation sites is 1. The molecule has 0 aliphatic carbocycles. The summed E-state index contributed by atoms with van der Waals surface area (Å²) in [6, 6.07) is 11.3. The summed E-state index contributed by atoms with van der Waals surface area (Å²) >= 11 is 6.42. The monoisotopic (exact) mass is 481 g/mol. The van der Waals surface area contributed by atoms with Crippen LogP contribution in [0, 0.1) is 5.92 Å². The van der Waals surface area contributed by atoms with Gasteiger partial charge in [0.05, 0.1) is 28.2 Å². The average Bonchev–Trinajstić information content (AvgIpc) is 2.80. The largest absolute Gasteiger partial charge is 0.416 e. The maximum atomic E-state index is 13.3. The molecule has 9 heteroatoms. The standard InChI is InChI=1S/C24H27ClF3N3O2/c1-33-12-4-9-29-23(32)18-14-16-13-17(24(26,27)28)7-8-20(16)31-11-10-30(15-22(18)31)21-6-3-2-5-19(21)25/h2-3,5-8,13,18,22H,4,9-12,14-15H2,1H3,(H,29,32)/t18-,22-/m1/s1. The zero-order valence-corrected chi connectivity index (χ0v) is 19.1. The van der Waals surface area contributed by atoms with Crippen molar-refractivity contribution in [1.29, 1.82) is 0 Å². The van der Waals surface area contributed by atoms with Crippen molar-refractivity contribution in [3.63, 3.8) is 0 Å². The number of piperazine rings is 1. The summed E-state index contributed by atoms with van der Waals surface area (Å²) in [5, 5.41) is 3.59. The average molecular weight is 482 g/mol. The fourth-order valence-electron chi connectivity index (χ4n) is 4.79. The number of amides is 1. The van der Waals surface area contributed by atoms with Crippen LogP contribution in [0.25, 0.3) is 0 Å². The minimum atomic E-state index is -4.42. The third kappa shape index (κ3) is 5.06. The molecule has 1 N–H and O–H groups in total. The molecule has 0 aromatic heterocycles. The Hall–Kier alpha value is -2.45. The quantitative estimate of drug-likeness (QED) is 0.622. The van der Waals surface area contributed by atoms with Gasteiger partial charge >= 0.3 is 6.18 Å². The van der Waals surface area contributed by atoms with E-state index in [1.54, 1.807) is 13.2 Å². The second-order valence-electron chi connectivity index (χ2n) is 8.45. The van der Waals surface area contributed by atoms with E-state index in [4.69, 9.17) is 16.3 Å². The Morgan fingerprint density at radius 2 is 1.97 bits per heavy atom. The van der Waals surface area contributed by atoms with Crippen molar-refractivity contribution in [2.24, 2.45) is 5.92 Å². The second kappa shape index (κ2) is 9.81. The first-order valence-corrected chi connectivity index (χ1v) is 11.4. The van der Waals surface area contributed by atoms with Crippen LogP contribution in [0.15, 0.2) is 42.5 Å². The van der Waals surface area contributed by atoms with E-state index in [1.807, 2.05) is 24.3 Å². The number of anilines is 2. The summed E-state index contributed by atoms with van der Waals surface area (Å²) in [7, 11) is 1.60. The van der Waals surface area contributed by atoms with Crippen LogP contribution in [0.1, 0.15) is 17.5 Å². The fraction of sp³-hybridized carbons (Fsp3) is 0.458. The summed E-state index contributed by atoms with van der Waals surface area (Å²) < 4.78 is 45.1. The smallest absolute Gasteiger partial charge is 0.385 e.